The summed E-state index contributed by atoms with van der Waals surface area (Å²) in [7, 11) is 0. The SMILES string of the molecule is C=C1C/C(=C2/CC(Cc3ccc4c(c3)C3CCCC3C4c3ccc(C=C(c4ccccc4)c4ccccc4)cc3)C(=O)C2C)C(=C)C1C. The number of hydrogen-bond donors (Lipinski definition) is 0. The van der Waals surface area contributed by atoms with E-state index in [1.54, 1.807) is 5.56 Å². The highest BCUT2D eigenvalue weighted by molar-refractivity contribution is 5.91. The molecule has 4 aromatic rings. The maximum Gasteiger partial charge on any atom is 0.143 e. The van der Waals surface area contributed by atoms with Gasteiger partial charge in [0.05, 0.1) is 0 Å². The molecule has 0 N–H and O–H groups in total. The van der Waals surface area contributed by atoms with E-state index in [1.165, 1.54) is 80.5 Å². The zero-order valence-electron chi connectivity index (χ0n) is 28.4. The highest BCUT2D eigenvalue weighted by Crippen LogP contribution is 2.57. The number of ketones is 1. The van der Waals surface area contributed by atoms with E-state index in [2.05, 4.69) is 136 Å². The molecule has 4 aliphatic rings. The van der Waals surface area contributed by atoms with E-state index in [4.69, 9.17) is 0 Å². The Balaban J connectivity index is 1.06. The van der Waals surface area contributed by atoms with Crippen LogP contribution < -0.4 is 0 Å². The van der Waals surface area contributed by atoms with Crippen LogP contribution in [0.4, 0.5) is 0 Å². The van der Waals surface area contributed by atoms with Crippen molar-refractivity contribution >= 4 is 17.4 Å². The fraction of sp³-hybridized carbons (Fsp3) is 0.298. The third-order valence-corrected chi connectivity index (χ3v) is 12.3. The summed E-state index contributed by atoms with van der Waals surface area (Å²) in [5.74, 6) is 2.51. The first-order valence-electron chi connectivity index (χ1n) is 18.0. The van der Waals surface area contributed by atoms with Gasteiger partial charge in [-0.3, -0.25) is 4.79 Å². The van der Waals surface area contributed by atoms with Crippen molar-refractivity contribution in [3.8, 4) is 0 Å². The van der Waals surface area contributed by atoms with Gasteiger partial charge < -0.3 is 0 Å². The third-order valence-electron chi connectivity index (χ3n) is 12.3. The summed E-state index contributed by atoms with van der Waals surface area (Å²) >= 11 is 0. The first kappa shape index (κ1) is 30.8. The normalized spacial score (nSPS) is 27.8. The molecule has 0 bridgehead atoms. The van der Waals surface area contributed by atoms with Crippen LogP contribution in [0, 0.1) is 23.7 Å². The zero-order valence-corrected chi connectivity index (χ0v) is 28.4. The first-order valence-corrected chi connectivity index (χ1v) is 18.0. The van der Waals surface area contributed by atoms with Gasteiger partial charge in [0.15, 0.2) is 0 Å². The minimum absolute atomic E-state index is 0.00727. The van der Waals surface area contributed by atoms with Crippen molar-refractivity contribution in [2.75, 3.05) is 0 Å². The molecule has 0 amide bonds. The van der Waals surface area contributed by atoms with Gasteiger partial charge in [-0.1, -0.05) is 148 Å². The Morgan fingerprint density at radius 3 is 2.12 bits per heavy atom. The Labute approximate surface area is 286 Å². The van der Waals surface area contributed by atoms with Gasteiger partial charge in [-0.15, -0.1) is 0 Å². The second kappa shape index (κ2) is 12.5. The third kappa shape index (κ3) is 5.38. The van der Waals surface area contributed by atoms with E-state index < -0.39 is 0 Å². The van der Waals surface area contributed by atoms with E-state index in [0.29, 0.717) is 29.5 Å². The lowest BCUT2D eigenvalue weighted by atomic mass is 9.83. The van der Waals surface area contributed by atoms with Crippen LogP contribution in [0.1, 0.15) is 96.7 Å². The van der Waals surface area contributed by atoms with Gasteiger partial charge in [0, 0.05) is 23.7 Å². The Morgan fingerprint density at radius 2 is 1.48 bits per heavy atom. The Morgan fingerprint density at radius 1 is 0.792 bits per heavy atom. The second-order valence-electron chi connectivity index (χ2n) is 14.9. The van der Waals surface area contributed by atoms with Gasteiger partial charge in [0.1, 0.15) is 5.78 Å². The molecule has 0 aromatic heterocycles. The van der Waals surface area contributed by atoms with Crippen molar-refractivity contribution in [3.63, 3.8) is 0 Å². The van der Waals surface area contributed by atoms with Crippen molar-refractivity contribution in [1.29, 1.82) is 0 Å². The molecular formula is C47H46O. The van der Waals surface area contributed by atoms with Gasteiger partial charge in [0.25, 0.3) is 0 Å². The minimum atomic E-state index is -0.00727. The van der Waals surface area contributed by atoms with Crippen LogP contribution in [-0.2, 0) is 11.2 Å². The summed E-state index contributed by atoms with van der Waals surface area (Å²) in [4.78, 5) is 13.6. The number of benzene rings is 4. The molecular weight excluding hydrogens is 581 g/mol. The summed E-state index contributed by atoms with van der Waals surface area (Å²) < 4.78 is 0. The average Bonchev–Trinajstić information content (AvgIpc) is 3.85. The van der Waals surface area contributed by atoms with Gasteiger partial charge in [-0.25, -0.2) is 0 Å². The molecule has 3 fully saturated rings. The number of hydrogen-bond acceptors (Lipinski definition) is 1. The van der Waals surface area contributed by atoms with Crippen LogP contribution in [0.5, 0.6) is 0 Å². The van der Waals surface area contributed by atoms with E-state index in [9.17, 15) is 4.79 Å². The Hall–Kier alpha value is -4.49. The monoisotopic (exact) mass is 626 g/mol. The quantitative estimate of drug-likeness (QED) is 0.154. The summed E-state index contributed by atoms with van der Waals surface area (Å²) in [5, 5.41) is 0. The maximum absolute atomic E-state index is 13.6. The van der Waals surface area contributed by atoms with Gasteiger partial charge in [-0.2, -0.15) is 0 Å². The standard InChI is InChI=1S/C47H46O/c1-29-24-42(31(3)30(29)2)43-28-38(47(48)32(43)4)25-34-20-23-41-45(27-34)39-16-11-17-40(39)46(41)37-21-18-33(19-22-37)26-44(35-12-7-5-8-13-35)36-14-9-6-10-15-36/h5-10,12-15,18-23,26-27,30,32,38-40,46H,1,3,11,16-17,24-25,28H2,2,4H3/b43-42+. The number of allylic oxidation sites excluding steroid dienone is 4. The van der Waals surface area contributed by atoms with E-state index in [0.717, 1.165) is 19.3 Å². The molecule has 0 saturated heterocycles. The highest BCUT2D eigenvalue weighted by atomic mass is 16.1. The van der Waals surface area contributed by atoms with Crippen molar-refractivity contribution < 1.29 is 4.79 Å². The fourth-order valence-corrected chi connectivity index (χ4v) is 9.55. The maximum atomic E-state index is 13.6. The molecule has 1 heteroatoms. The van der Waals surface area contributed by atoms with Crippen molar-refractivity contribution in [2.45, 2.75) is 64.2 Å². The molecule has 240 valence electrons. The zero-order chi connectivity index (χ0) is 32.9. The van der Waals surface area contributed by atoms with Crippen LogP contribution in [0.15, 0.2) is 139 Å². The van der Waals surface area contributed by atoms with Crippen molar-refractivity contribution in [3.05, 3.63) is 178 Å². The van der Waals surface area contributed by atoms with Gasteiger partial charge >= 0.3 is 0 Å². The molecule has 0 radical (unpaired) electrons. The Kier molecular flexibility index (Phi) is 8.03. The van der Waals surface area contributed by atoms with Crippen LogP contribution in [0.2, 0.25) is 0 Å². The number of rotatable bonds is 6. The van der Waals surface area contributed by atoms with Gasteiger partial charge in [0.2, 0.25) is 0 Å². The molecule has 0 heterocycles. The van der Waals surface area contributed by atoms with Crippen LogP contribution in [0.3, 0.4) is 0 Å². The largest absolute Gasteiger partial charge is 0.299 e. The molecule has 48 heavy (non-hydrogen) atoms. The molecule has 4 aliphatic carbocycles. The predicted molar refractivity (Wildman–Crippen MR) is 200 cm³/mol. The second-order valence-corrected chi connectivity index (χ2v) is 14.9. The lowest BCUT2D eigenvalue weighted by Crippen LogP contribution is -2.14. The Bertz CT molecular complexity index is 1910. The number of fused-ring (bicyclic) bond motifs is 3. The van der Waals surface area contributed by atoms with Crippen LogP contribution in [-0.4, -0.2) is 5.78 Å². The molecule has 3 saturated carbocycles. The molecule has 6 unspecified atom stereocenters. The lowest BCUT2D eigenvalue weighted by Gasteiger charge is -2.20. The predicted octanol–water partition coefficient (Wildman–Crippen LogP) is 11.5. The van der Waals surface area contributed by atoms with Crippen LogP contribution in [0.25, 0.3) is 11.6 Å². The summed E-state index contributed by atoms with van der Waals surface area (Å²) in [5.41, 5.74) is 15.8. The van der Waals surface area contributed by atoms with E-state index in [-0.39, 0.29) is 11.8 Å². The molecule has 0 spiro atoms. The molecule has 6 atom stereocenters. The molecule has 0 aliphatic heterocycles. The van der Waals surface area contributed by atoms with Gasteiger partial charge in [-0.05, 0) is 106 Å². The number of carbonyl (C=O) groups is 1. The van der Waals surface area contributed by atoms with E-state index >= 15 is 0 Å². The molecule has 1 nitrogen and oxygen atoms in total. The highest BCUT2D eigenvalue weighted by Gasteiger charge is 2.44. The molecule has 4 aromatic carbocycles. The van der Waals surface area contributed by atoms with Crippen LogP contribution >= 0.6 is 0 Å². The topological polar surface area (TPSA) is 17.1 Å². The molecule has 8 rings (SSSR count). The number of Topliss-reactive ketones (excluding diaryl/α,β-unsaturated/α-hetero) is 1. The lowest BCUT2D eigenvalue weighted by molar-refractivity contribution is -0.123. The smallest absolute Gasteiger partial charge is 0.143 e. The average molecular weight is 627 g/mol. The number of carbonyl (C=O) groups excluding carboxylic acids is 1. The minimum Gasteiger partial charge on any atom is -0.299 e. The summed E-state index contributed by atoms with van der Waals surface area (Å²) in [6, 6.07) is 38.0. The fourth-order valence-electron chi connectivity index (χ4n) is 9.55. The van der Waals surface area contributed by atoms with Crippen molar-refractivity contribution in [1.82, 2.24) is 0 Å². The van der Waals surface area contributed by atoms with E-state index in [1.807, 2.05) is 0 Å². The van der Waals surface area contributed by atoms with Crippen molar-refractivity contribution in [2.24, 2.45) is 23.7 Å². The summed E-state index contributed by atoms with van der Waals surface area (Å²) in [6.45, 7) is 13.0. The first-order chi connectivity index (χ1) is 23.4. The summed E-state index contributed by atoms with van der Waals surface area (Å²) in [6.07, 6.45) is 8.79.